The topological polar surface area (TPSA) is 21.3 Å². The Morgan fingerprint density at radius 3 is 1.91 bits per heavy atom. The summed E-state index contributed by atoms with van der Waals surface area (Å²) in [6.07, 6.45) is 1.61. The summed E-state index contributed by atoms with van der Waals surface area (Å²) in [4.78, 5) is 0. The van der Waals surface area contributed by atoms with Crippen LogP contribution in [0.5, 0.6) is 0 Å². The summed E-state index contributed by atoms with van der Waals surface area (Å²) in [5.74, 6) is 0. The van der Waals surface area contributed by atoms with Gasteiger partial charge in [0.05, 0.1) is 13.2 Å². The van der Waals surface area contributed by atoms with Gasteiger partial charge in [-0.2, -0.15) is 0 Å². The number of halogens is 2. The average Bonchev–Trinajstić information content (AvgIpc) is 2.09. The number of nitrogens with one attached hydrogen (secondary N) is 1. The second-order valence-electron chi connectivity index (χ2n) is 1.94. The van der Waals surface area contributed by atoms with Crippen LogP contribution in [0.2, 0.25) is 0 Å². The third-order valence-electron chi connectivity index (χ3n) is 1.06. The Labute approximate surface area is 77.5 Å². The summed E-state index contributed by atoms with van der Waals surface area (Å²) in [5, 5.41) is 3.16. The zero-order chi connectivity index (χ0) is 8.53. The summed E-state index contributed by atoms with van der Waals surface area (Å²) in [7, 11) is 0. The van der Waals surface area contributed by atoms with Gasteiger partial charge in [0, 0.05) is 13.1 Å². The molecule has 0 amide bonds. The van der Waals surface area contributed by atoms with Gasteiger partial charge in [-0.15, -0.1) is 0 Å². The van der Waals surface area contributed by atoms with Crippen LogP contribution in [0, 0.1) is 0 Å². The predicted molar refractivity (Wildman–Crippen MR) is 49.2 cm³/mol. The molecule has 0 saturated carbocycles. The Kier molecular flexibility index (Phi) is 8.52. The lowest BCUT2D eigenvalue weighted by Crippen LogP contribution is -2.30. The highest BCUT2D eigenvalue weighted by Gasteiger charge is 1.92. The lowest BCUT2D eigenvalue weighted by atomic mass is 10.5. The molecule has 4 heteroatoms. The van der Waals surface area contributed by atoms with Gasteiger partial charge < -0.3 is 10.1 Å². The molecule has 1 fully saturated rings. The van der Waals surface area contributed by atoms with Gasteiger partial charge in [0.2, 0.25) is 0 Å². The van der Waals surface area contributed by atoms with Crippen molar-refractivity contribution >= 4 is 23.2 Å². The third kappa shape index (κ3) is 10.2. The largest absolute Gasteiger partial charge is 0.379 e. The molecule has 0 unspecified atom stereocenters. The first-order valence-corrected chi connectivity index (χ1v) is 4.28. The van der Waals surface area contributed by atoms with Crippen LogP contribution in [0.25, 0.3) is 0 Å². The minimum Gasteiger partial charge on any atom is -0.379 e. The minimum atomic E-state index is 0.324. The smallest absolute Gasteiger partial charge is 0.102 e. The van der Waals surface area contributed by atoms with Crippen molar-refractivity contribution in [3.63, 3.8) is 0 Å². The molecule has 1 rings (SSSR count). The molecule has 0 spiro atoms. The third-order valence-corrected chi connectivity index (χ3v) is 1.50. The van der Waals surface area contributed by atoms with E-state index in [4.69, 9.17) is 27.9 Å². The quantitative estimate of drug-likeness (QED) is 0.642. The zero-order valence-corrected chi connectivity index (χ0v) is 8.08. The number of rotatable bonds is 0. The lowest BCUT2D eigenvalue weighted by Gasteiger charge is -2.10. The lowest BCUT2D eigenvalue weighted by molar-refractivity contribution is 0.109. The molecule has 0 radical (unpaired) electrons. The first-order chi connectivity index (χ1) is 5.27. The maximum atomic E-state index is 5.09. The van der Waals surface area contributed by atoms with Gasteiger partial charge in [0.1, 0.15) is 4.49 Å². The van der Waals surface area contributed by atoms with Gasteiger partial charge in [-0.25, -0.2) is 0 Å². The fourth-order valence-electron chi connectivity index (χ4n) is 0.516. The first-order valence-electron chi connectivity index (χ1n) is 3.53. The van der Waals surface area contributed by atoms with Crippen molar-refractivity contribution in [2.75, 3.05) is 26.3 Å². The summed E-state index contributed by atoms with van der Waals surface area (Å²) in [5.41, 5.74) is 0. The molecular weight excluding hydrogens is 185 g/mol. The van der Waals surface area contributed by atoms with Crippen molar-refractivity contribution in [2.24, 2.45) is 0 Å². The molecule has 0 aliphatic carbocycles. The maximum absolute atomic E-state index is 5.09. The standard InChI is InChI=1S/C4H9NO.C3H4Cl2/c1-3-6-4-2-5-1;1-2-3(4)5/h5H,1-4H2;2H,1H3. The predicted octanol–water partition coefficient (Wildman–Crippen LogP) is 1.93. The van der Waals surface area contributed by atoms with Crippen molar-refractivity contribution in [3.8, 4) is 0 Å². The van der Waals surface area contributed by atoms with Crippen LogP contribution in [0.1, 0.15) is 6.92 Å². The van der Waals surface area contributed by atoms with Gasteiger partial charge >= 0.3 is 0 Å². The van der Waals surface area contributed by atoms with E-state index < -0.39 is 0 Å². The second-order valence-corrected chi connectivity index (χ2v) is 2.95. The fraction of sp³-hybridized carbons (Fsp3) is 0.714. The minimum absolute atomic E-state index is 0.324. The van der Waals surface area contributed by atoms with Crippen LogP contribution in [0.3, 0.4) is 0 Å². The fourth-order valence-corrected chi connectivity index (χ4v) is 0.516. The number of hydrogen-bond acceptors (Lipinski definition) is 2. The molecule has 1 heterocycles. The normalized spacial score (nSPS) is 16.3. The van der Waals surface area contributed by atoms with Crippen LogP contribution in [0.15, 0.2) is 10.6 Å². The Morgan fingerprint density at radius 2 is 1.82 bits per heavy atom. The molecule has 1 N–H and O–H groups in total. The maximum Gasteiger partial charge on any atom is 0.102 e. The van der Waals surface area contributed by atoms with E-state index in [0.717, 1.165) is 26.3 Å². The molecule has 0 atom stereocenters. The molecule has 66 valence electrons. The van der Waals surface area contributed by atoms with Crippen LogP contribution in [-0.4, -0.2) is 26.3 Å². The van der Waals surface area contributed by atoms with Crippen molar-refractivity contribution in [1.82, 2.24) is 5.32 Å². The zero-order valence-electron chi connectivity index (χ0n) is 6.57. The molecule has 2 nitrogen and oxygen atoms in total. The van der Waals surface area contributed by atoms with Crippen LogP contribution < -0.4 is 5.32 Å². The van der Waals surface area contributed by atoms with Gasteiger partial charge in [-0.3, -0.25) is 0 Å². The van der Waals surface area contributed by atoms with Crippen molar-refractivity contribution in [1.29, 1.82) is 0 Å². The van der Waals surface area contributed by atoms with Gasteiger partial charge in [-0.05, 0) is 6.92 Å². The second kappa shape index (κ2) is 8.34. The molecule has 0 bridgehead atoms. The van der Waals surface area contributed by atoms with E-state index in [-0.39, 0.29) is 0 Å². The summed E-state index contributed by atoms with van der Waals surface area (Å²) < 4.78 is 5.33. The van der Waals surface area contributed by atoms with E-state index in [1.807, 2.05) is 0 Å². The van der Waals surface area contributed by atoms with Gasteiger partial charge in [0.15, 0.2) is 0 Å². The highest BCUT2D eigenvalue weighted by Crippen LogP contribution is 2.03. The van der Waals surface area contributed by atoms with E-state index in [0.29, 0.717) is 4.49 Å². The summed E-state index contributed by atoms with van der Waals surface area (Å²) in [6.45, 7) is 5.61. The Morgan fingerprint density at radius 1 is 1.36 bits per heavy atom. The molecule has 0 aromatic heterocycles. The van der Waals surface area contributed by atoms with Crippen LogP contribution in [-0.2, 0) is 4.74 Å². The number of allylic oxidation sites excluding steroid dienone is 1. The molecule has 0 aromatic rings. The van der Waals surface area contributed by atoms with Crippen LogP contribution >= 0.6 is 23.2 Å². The van der Waals surface area contributed by atoms with Crippen molar-refractivity contribution in [2.45, 2.75) is 6.92 Å². The van der Waals surface area contributed by atoms with Crippen molar-refractivity contribution < 1.29 is 4.74 Å². The number of morpholine rings is 1. The number of hydrogen-bond donors (Lipinski definition) is 1. The SMILES string of the molecule is C1COCCN1.CC=C(Cl)Cl. The van der Waals surface area contributed by atoms with E-state index in [1.54, 1.807) is 13.0 Å². The Bertz CT molecular complexity index is 97.5. The molecular formula is C7H13Cl2NO. The summed E-state index contributed by atoms with van der Waals surface area (Å²) in [6, 6.07) is 0. The van der Waals surface area contributed by atoms with E-state index in [2.05, 4.69) is 5.32 Å². The molecule has 1 aliphatic rings. The first kappa shape index (κ1) is 11.2. The summed E-state index contributed by atoms with van der Waals surface area (Å²) >= 11 is 10.2. The molecule has 0 aromatic carbocycles. The highest BCUT2D eigenvalue weighted by atomic mass is 35.5. The molecule has 1 saturated heterocycles. The van der Waals surface area contributed by atoms with Gasteiger partial charge in [0.25, 0.3) is 0 Å². The molecule has 1 aliphatic heterocycles. The van der Waals surface area contributed by atoms with E-state index in [1.165, 1.54) is 0 Å². The van der Waals surface area contributed by atoms with Crippen LogP contribution in [0.4, 0.5) is 0 Å². The Hall–Kier alpha value is 0.240. The van der Waals surface area contributed by atoms with E-state index >= 15 is 0 Å². The van der Waals surface area contributed by atoms with E-state index in [9.17, 15) is 0 Å². The highest BCUT2D eigenvalue weighted by molar-refractivity contribution is 6.55. The number of ether oxygens (including phenoxy) is 1. The van der Waals surface area contributed by atoms with Gasteiger partial charge in [-0.1, -0.05) is 29.3 Å². The average molecular weight is 198 g/mol. The Balaban J connectivity index is 0.000000187. The van der Waals surface area contributed by atoms with Crippen molar-refractivity contribution in [3.05, 3.63) is 10.6 Å². The molecule has 11 heavy (non-hydrogen) atoms. The monoisotopic (exact) mass is 197 g/mol.